The van der Waals surface area contributed by atoms with Crippen LogP contribution in [0.3, 0.4) is 0 Å². The zero-order valence-electron chi connectivity index (χ0n) is 17.9. The summed E-state index contributed by atoms with van der Waals surface area (Å²) in [6, 6.07) is 5.75. The van der Waals surface area contributed by atoms with Gasteiger partial charge in [-0.05, 0) is 47.3 Å². The van der Waals surface area contributed by atoms with Gasteiger partial charge in [0.25, 0.3) is 5.91 Å². The van der Waals surface area contributed by atoms with Gasteiger partial charge in [-0.3, -0.25) is 14.7 Å². The number of carbonyl (C=O) groups is 1. The molecule has 1 aromatic carbocycles. The first-order chi connectivity index (χ1) is 15.1. The monoisotopic (exact) mass is 546 g/mol. The van der Waals surface area contributed by atoms with Gasteiger partial charge in [0.05, 0.1) is 63.5 Å². The van der Waals surface area contributed by atoms with E-state index in [4.69, 9.17) is 19.3 Å². The van der Waals surface area contributed by atoms with Crippen molar-refractivity contribution in [2.45, 2.75) is 6.92 Å². The van der Waals surface area contributed by atoms with E-state index in [-0.39, 0.29) is 12.5 Å². The van der Waals surface area contributed by atoms with Gasteiger partial charge in [-0.15, -0.1) is 0 Å². The van der Waals surface area contributed by atoms with E-state index in [0.717, 1.165) is 28.7 Å². The maximum absolute atomic E-state index is 12.4. The Bertz CT molecular complexity index is 795. The molecule has 31 heavy (non-hydrogen) atoms. The van der Waals surface area contributed by atoms with Gasteiger partial charge in [-0.2, -0.15) is 0 Å². The molecule has 0 aliphatic carbocycles. The van der Waals surface area contributed by atoms with Crippen molar-refractivity contribution in [3.05, 3.63) is 33.7 Å². The lowest BCUT2D eigenvalue weighted by atomic mass is 10.3. The molecule has 0 fully saturated rings. The number of ether oxygens (including phenoxy) is 3. The van der Waals surface area contributed by atoms with E-state index < -0.39 is 0 Å². The van der Waals surface area contributed by atoms with Crippen LogP contribution < -0.4 is 5.32 Å². The summed E-state index contributed by atoms with van der Waals surface area (Å²) < 4.78 is 17.1. The minimum Gasteiger partial charge on any atom is -0.394 e. The molecule has 0 spiro atoms. The van der Waals surface area contributed by atoms with Crippen LogP contribution in [0.1, 0.15) is 17.4 Å². The molecule has 1 heterocycles. The number of hydrogen-bond donors (Lipinski definition) is 2. The largest absolute Gasteiger partial charge is 0.394 e. The number of hydrogen-bond acceptors (Lipinski definition) is 8. The van der Waals surface area contributed by atoms with E-state index >= 15 is 0 Å². The topological polar surface area (TPSA) is 106 Å². The summed E-state index contributed by atoms with van der Waals surface area (Å²) in [6.45, 7) is 7.93. The molecule has 2 aromatic rings. The number of rotatable bonds is 16. The molecule has 2 N–H and O–H groups in total. The number of aliphatic hydroxyl groups is 1. The van der Waals surface area contributed by atoms with Crippen molar-refractivity contribution in [2.75, 3.05) is 72.4 Å². The molecular formula is C21H31IN4O5. The Morgan fingerprint density at radius 2 is 1.77 bits per heavy atom. The number of fused-ring (bicyclic) bond motifs is 1. The van der Waals surface area contributed by atoms with E-state index in [2.05, 4.69) is 49.7 Å². The lowest BCUT2D eigenvalue weighted by molar-refractivity contribution is 0.00481. The highest BCUT2D eigenvalue weighted by molar-refractivity contribution is 14.1. The smallest absolute Gasteiger partial charge is 0.271 e. The first-order valence-corrected chi connectivity index (χ1v) is 11.5. The Kier molecular flexibility index (Phi) is 12.8. The van der Waals surface area contributed by atoms with Crippen LogP contribution in [0.15, 0.2) is 24.4 Å². The first-order valence-electron chi connectivity index (χ1n) is 10.4. The molecule has 0 radical (unpaired) electrons. The van der Waals surface area contributed by atoms with Crippen LogP contribution in [0.4, 0.5) is 0 Å². The van der Waals surface area contributed by atoms with Gasteiger partial charge in [0.15, 0.2) is 0 Å². The second-order valence-electron chi connectivity index (χ2n) is 6.64. The van der Waals surface area contributed by atoms with Crippen LogP contribution in [-0.2, 0) is 14.2 Å². The van der Waals surface area contributed by atoms with Crippen LogP contribution in [0, 0.1) is 3.57 Å². The molecule has 0 aliphatic heterocycles. The quantitative estimate of drug-likeness (QED) is 0.240. The van der Waals surface area contributed by atoms with Gasteiger partial charge in [0.1, 0.15) is 5.69 Å². The van der Waals surface area contributed by atoms with Gasteiger partial charge in [0.2, 0.25) is 0 Å². The average Bonchev–Trinajstić information content (AvgIpc) is 2.78. The highest BCUT2D eigenvalue weighted by Crippen LogP contribution is 2.13. The van der Waals surface area contributed by atoms with Crippen molar-refractivity contribution >= 4 is 39.5 Å². The Morgan fingerprint density at radius 1 is 1.06 bits per heavy atom. The highest BCUT2D eigenvalue weighted by atomic mass is 127. The summed E-state index contributed by atoms with van der Waals surface area (Å²) in [5.41, 5.74) is 1.81. The average molecular weight is 546 g/mol. The summed E-state index contributed by atoms with van der Waals surface area (Å²) in [5, 5.41) is 11.5. The Morgan fingerprint density at radius 3 is 2.48 bits per heavy atom. The lowest BCUT2D eigenvalue weighted by Gasteiger charge is -2.20. The van der Waals surface area contributed by atoms with Gasteiger partial charge in [-0.1, -0.05) is 6.92 Å². The molecule has 0 unspecified atom stereocenters. The fourth-order valence-corrected chi connectivity index (χ4v) is 3.21. The number of nitrogens with zero attached hydrogens (tertiary/aromatic N) is 3. The van der Waals surface area contributed by atoms with Crippen molar-refractivity contribution in [1.82, 2.24) is 20.2 Å². The number of nitrogens with one attached hydrogen (secondary N) is 1. The van der Waals surface area contributed by atoms with Gasteiger partial charge in [-0.25, -0.2) is 4.98 Å². The lowest BCUT2D eigenvalue weighted by Crippen LogP contribution is -2.37. The predicted molar refractivity (Wildman–Crippen MR) is 126 cm³/mol. The summed E-state index contributed by atoms with van der Waals surface area (Å²) in [5.74, 6) is -0.222. The number of aromatic nitrogens is 2. The van der Waals surface area contributed by atoms with Crippen molar-refractivity contribution in [1.29, 1.82) is 0 Å². The number of carbonyl (C=O) groups excluding carboxylic acids is 1. The summed E-state index contributed by atoms with van der Waals surface area (Å²) >= 11 is 2.22. The number of amides is 1. The van der Waals surface area contributed by atoms with Crippen LogP contribution in [0.2, 0.25) is 0 Å². The molecule has 9 nitrogen and oxygen atoms in total. The molecule has 1 aromatic heterocycles. The molecule has 10 heteroatoms. The van der Waals surface area contributed by atoms with Crippen molar-refractivity contribution in [3.63, 3.8) is 0 Å². The van der Waals surface area contributed by atoms with Crippen LogP contribution >= 0.6 is 22.6 Å². The van der Waals surface area contributed by atoms with Crippen LogP contribution in [-0.4, -0.2) is 98.3 Å². The van der Waals surface area contributed by atoms with E-state index in [1.54, 1.807) is 0 Å². The second-order valence-corrected chi connectivity index (χ2v) is 7.88. The normalized spacial score (nSPS) is 11.4. The van der Waals surface area contributed by atoms with E-state index in [1.807, 2.05) is 18.2 Å². The maximum atomic E-state index is 12.4. The molecule has 0 atom stereocenters. The molecule has 2 rings (SSSR count). The summed E-state index contributed by atoms with van der Waals surface area (Å²) in [7, 11) is 0. The molecule has 0 saturated heterocycles. The Labute approximate surface area is 196 Å². The Hall–Kier alpha value is -1.44. The van der Waals surface area contributed by atoms with Crippen LogP contribution in [0.5, 0.6) is 0 Å². The minimum atomic E-state index is -0.222. The molecule has 0 saturated carbocycles. The minimum absolute atomic E-state index is 0.0256. The third-order valence-corrected chi connectivity index (χ3v) is 5.10. The number of benzene rings is 1. The fourth-order valence-electron chi connectivity index (χ4n) is 2.74. The second kappa shape index (κ2) is 15.4. The van der Waals surface area contributed by atoms with Crippen molar-refractivity contribution < 1.29 is 24.1 Å². The molecule has 172 valence electrons. The maximum Gasteiger partial charge on any atom is 0.271 e. The number of likely N-dealkylation sites (N-methyl/N-ethyl adjacent to an activating group) is 1. The SMILES string of the molecule is CCN(CCNC(=O)c1cnc2cc(I)ccc2n1)CCOCCOCCOCCO. The first kappa shape index (κ1) is 25.8. The third-order valence-electron chi connectivity index (χ3n) is 4.43. The zero-order chi connectivity index (χ0) is 22.3. The van der Waals surface area contributed by atoms with Crippen LogP contribution in [0.25, 0.3) is 11.0 Å². The summed E-state index contributed by atoms with van der Waals surface area (Å²) in [6.07, 6.45) is 1.51. The van der Waals surface area contributed by atoms with Gasteiger partial charge >= 0.3 is 0 Å². The third kappa shape index (κ3) is 10.1. The van der Waals surface area contributed by atoms with Gasteiger partial charge < -0.3 is 24.6 Å². The standard InChI is InChI=1S/C21H31IN4O5/c1-2-26(7-9-29-11-13-31-14-12-30-10-8-27)6-5-23-21(28)20-16-24-19-15-17(22)3-4-18(19)25-20/h3-4,15-16,27H,2,5-14H2,1H3,(H,23,28). The molecule has 0 bridgehead atoms. The Balaban J connectivity index is 1.58. The van der Waals surface area contributed by atoms with Crippen molar-refractivity contribution in [2.24, 2.45) is 0 Å². The zero-order valence-corrected chi connectivity index (χ0v) is 20.0. The predicted octanol–water partition coefficient (Wildman–Crippen LogP) is 1.33. The van der Waals surface area contributed by atoms with Gasteiger partial charge in [0, 0.05) is 23.2 Å². The van der Waals surface area contributed by atoms with E-state index in [0.29, 0.717) is 57.4 Å². The molecular weight excluding hydrogens is 515 g/mol. The number of aliphatic hydroxyl groups excluding tert-OH is 1. The molecule has 0 aliphatic rings. The fraction of sp³-hybridized carbons (Fsp3) is 0.571. The number of halogens is 1. The van der Waals surface area contributed by atoms with E-state index in [9.17, 15) is 4.79 Å². The van der Waals surface area contributed by atoms with Crippen molar-refractivity contribution in [3.8, 4) is 0 Å². The molecule has 1 amide bonds. The highest BCUT2D eigenvalue weighted by Gasteiger charge is 2.10. The summed E-state index contributed by atoms with van der Waals surface area (Å²) in [4.78, 5) is 23.3. The van der Waals surface area contributed by atoms with E-state index in [1.165, 1.54) is 6.20 Å².